The fraction of sp³-hybridized carbons (Fsp3) is 0.0714. The molecule has 0 unspecified atom stereocenters. The highest BCUT2D eigenvalue weighted by molar-refractivity contribution is 14.2. The summed E-state index contributed by atoms with van der Waals surface area (Å²) < 4.78 is 9.78. The van der Waals surface area contributed by atoms with Crippen LogP contribution >= 0.6 is 20.7 Å². The van der Waals surface area contributed by atoms with E-state index in [0.717, 1.165) is 0 Å². The summed E-state index contributed by atoms with van der Waals surface area (Å²) in [5.41, 5.74) is 13.0. The van der Waals surface area contributed by atoms with E-state index in [1.807, 2.05) is 0 Å². The SMILES string of the molecule is CC1(C)c2ccccc2-c2ccc(-n3c4ccccc4c4c5c6ccccc6n(C6=CC=IC=C6)c5c5ccccc5c43)cc21. The molecule has 0 saturated heterocycles. The molecule has 2 aromatic heterocycles. The number of benzene rings is 6. The quantitative estimate of drug-likeness (QED) is 0.160. The van der Waals surface area contributed by atoms with Gasteiger partial charge in [0.05, 0.1) is 22.1 Å². The fourth-order valence-corrected chi connectivity index (χ4v) is 9.60. The second kappa shape index (κ2) is 9.15. The van der Waals surface area contributed by atoms with Gasteiger partial charge in [-0.25, -0.2) is 0 Å². The summed E-state index contributed by atoms with van der Waals surface area (Å²) in [7, 11) is 0. The maximum absolute atomic E-state index is 2.54. The molecule has 2 nitrogen and oxygen atoms in total. The minimum absolute atomic E-state index is 0.0125. The molecule has 0 saturated carbocycles. The standard InChI is InChI=1S/C42H29IN2/c1-42(2)34-16-8-5-11-28(34)29-20-19-27(25-35(29)42)45-37-18-10-7-15-33(37)39-38-32-14-6-9-17-36(32)44(26-21-23-43-24-22-26)40(38)30-12-3-4-13-31(30)41(39)45/h3-25H,1-2H3. The highest BCUT2D eigenvalue weighted by Gasteiger charge is 2.35. The molecule has 8 aromatic rings. The highest BCUT2D eigenvalue weighted by atomic mass is 127. The summed E-state index contributed by atoms with van der Waals surface area (Å²) in [6.07, 6.45) is 4.65. The molecule has 3 heteroatoms. The number of nitrogens with zero attached hydrogens (tertiary/aromatic N) is 2. The Balaban J connectivity index is 1.41. The zero-order chi connectivity index (χ0) is 29.9. The number of halogens is 1. The first-order chi connectivity index (χ1) is 22.1. The smallest absolute Gasteiger partial charge is 0.0627 e. The van der Waals surface area contributed by atoms with Crippen LogP contribution in [0, 0.1) is 0 Å². The average molecular weight is 689 g/mol. The van der Waals surface area contributed by atoms with Crippen molar-refractivity contribution in [3.63, 3.8) is 0 Å². The first kappa shape index (κ1) is 25.6. The third-order valence-electron chi connectivity index (χ3n) is 10.1. The van der Waals surface area contributed by atoms with Crippen LogP contribution in [0.2, 0.25) is 0 Å². The molecule has 0 radical (unpaired) electrons. The summed E-state index contributed by atoms with van der Waals surface area (Å²) in [6, 6.07) is 43.1. The lowest BCUT2D eigenvalue weighted by atomic mass is 9.82. The summed E-state index contributed by atoms with van der Waals surface area (Å²) >= 11 is -0.0125. The number of hydrogen-bond donors (Lipinski definition) is 0. The minimum Gasteiger partial charge on any atom is -0.309 e. The Kier molecular flexibility index (Phi) is 5.20. The van der Waals surface area contributed by atoms with Crippen molar-refractivity contribution in [2.75, 3.05) is 0 Å². The third-order valence-corrected chi connectivity index (χ3v) is 11.7. The molecule has 0 fully saturated rings. The number of aromatic nitrogens is 2. The van der Waals surface area contributed by atoms with Crippen molar-refractivity contribution in [1.82, 2.24) is 9.13 Å². The first-order valence-corrected chi connectivity index (χ1v) is 18.1. The van der Waals surface area contributed by atoms with Gasteiger partial charge in [0.2, 0.25) is 0 Å². The second-order valence-corrected chi connectivity index (χ2v) is 14.9. The van der Waals surface area contributed by atoms with Crippen LogP contribution in [0.15, 0.2) is 131 Å². The summed E-state index contributed by atoms with van der Waals surface area (Å²) in [5, 5.41) is 7.81. The van der Waals surface area contributed by atoms with Crippen molar-refractivity contribution in [2.24, 2.45) is 0 Å². The molecule has 1 aliphatic heterocycles. The van der Waals surface area contributed by atoms with Crippen molar-refractivity contribution in [3.8, 4) is 16.8 Å². The molecular formula is C42H29IN2. The Bertz CT molecular complexity index is 2670. The Hall–Kier alpha value is -4.74. The van der Waals surface area contributed by atoms with E-state index >= 15 is 0 Å². The number of fused-ring (bicyclic) bond motifs is 13. The van der Waals surface area contributed by atoms with Gasteiger partial charge in [0.25, 0.3) is 0 Å². The summed E-state index contributed by atoms with van der Waals surface area (Å²) in [4.78, 5) is 0. The van der Waals surface area contributed by atoms with E-state index in [0.29, 0.717) is 0 Å². The van der Waals surface area contributed by atoms with Crippen molar-refractivity contribution in [2.45, 2.75) is 19.3 Å². The molecule has 45 heavy (non-hydrogen) atoms. The molecule has 0 atom stereocenters. The number of para-hydroxylation sites is 2. The van der Waals surface area contributed by atoms with Gasteiger partial charge in [-0.15, -0.1) is 0 Å². The molecule has 3 heterocycles. The molecule has 0 spiro atoms. The fourth-order valence-electron chi connectivity index (χ4n) is 8.21. The van der Waals surface area contributed by atoms with Gasteiger partial charge in [-0.3, -0.25) is 0 Å². The van der Waals surface area contributed by atoms with Crippen LogP contribution in [0.1, 0.15) is 25.0 Å². The maximum atomic E-state index is 2.54. The van der Waals surface area contributed by atoms with Crippen molar-refractivity contribution in [1.29, 1.82) is 0 Å². The minimum atomic E-state index is -0.0655. The third kappa shape index (κ3) is 3.31. The molecule has 0 amide bonds. The van der Waals surface area contributed by atoms with E-state index < -0.39 is 0 Å². The first-order valence-electron chi connectivity index (χ1n) is 15.6. The van der Waals surface area contributed by atoms with Crippen LogP contribution in [0.25, 0.3) is 76.9 Å². The lowest BCUT2D eigenvalue weighted by Gasteiger charge is -2.22. The lowest BCUT2D eigenvalue weighted by molar-refractivity contribution is 0.660. The van der Waals surface area contributed by atoms with Gasteiger partial charge in [-0.2, -0.15) is 0 Å². The molecule has 0 bridgehead atoms. The molecule has 1 aliphatic carbocycles. The van der Waals surface area contributed by atoms with Crippen LogP contribution in [-0.4, -0.2) is 13.1 Å². The predicted octanol–water partition coefficient (Wildman–Crippen LogP) is 11.5. The molecule has 0 N–H and O–H groups in total. The number of hydrogen-bond acceptors (Lipinski definition) is 0. The Morgan fingerprint density at radius 2 is 1.13 bits per heavy atom. The van der Waals surface area contributed by atoms with Crippen LogP contribution < -0.4 is 0 Å². The molecular weight excluding hydrogens is 659 g/mol. The van der Waals surface area contributed by atoms with Gasteiger partial charge in [-0.05, 0) is 66.8 Å². The van der Waals surface area contributed by atoms with Gasteiger partial charge in [-0.1, -0.05) is 126 Å². The zero-order valence-electron chi connectivity index (χ0n) is 25.1. The summed E-state index contributed by atoms with van der Waals surface area (Å²) in [5.74, 6) is 0. The molecule has 214 valence electrons. The molecule has 2 aliphatic rings. The Morgan fingerprint density at radius 1 is 0.556 bits per heavy atom. The van der Waals surface area contributed by atoms with Gasteiger partial charge < -0.3 is 9.13 Å². The van der Waals surface area contributed by atoms with Crippen LogP contribution in [0.4, 0.5) is 0 Å². The van der Waals surface area contributed by atoms with Crippen molar-refractivity contribution in [3.05, 3.63) is 143 Å². The van der Waals surface area contributed by atoms with Crippen molar-refractivity contribution < 1.29 is 0 Å². The van der Waals surface area contributed by atoms with Gasteiger partial charge in [0.1, 0.15) is 0 Å². The van der Waals surface area contributed by atoms with Crippen LogP contribution in [-0.2, 0) is 5.41 Å². The van der Waals surface area contributed by atoms with E-state index in [1.54, 1.807) is 0 Å². The largest absolute Gasteiger partial charge is 0.309 e. The maximum Gasteiger partial charge on any atom is 0.0627 e. The van der Waals surface area contributed by atoms with Gasteiger partial charge >= 0.3 is 0 Å². The van der Waals surface area contributed by atoms with Crippen LogP contribution in [0.3, 0.4) is 0 Å². The van der Waals surface area contributed by atoms with Crippen LogP contribution in [0.5, 0.6) is 0 Å². The van der Waals surface area contributed by atoms with Gasteiger partial charge in [0, 0.05) is 49.1 Å². The monoisotopic (exact) mass is 688 g/mol. The number of rotatable bonds is 2. The second-order valence-electron chi connectivity index (χ2n) is 12.7. The average Bonchev–Trinajstić information content (AvgIpc) is 3.69. The van der Waals surface area contributed by atoms with Gasteiger partial charge in [0.15, 0.2) is 0 Å². The topological polar surface area (TPSA) is 9.86 Å². The van der Waals surface area contributed by atoms with E-state index in [4.69, 9.17) is 0 Å². The number of allylic oxidation sites excluding steroid dienone is 3. The van der Waals surface area contributed by atoms with E-state index in [9.17, 15) is 0 Å². The summed E-state index contributed by atoms with van der Waals surface area (Å²) in [6.45, 7) is 4.74. The van der Waals surface area contributed by atoms with E-state index in [1.165, 1.54) is 88.0 Å². The highest BCUT2D eigenvalue weighted by Crippen LogP contribution is 2.51. The normalized spacial score (nSPS) is 15.2. The zero-order valence-corrected chi connectivity index (χ0v) is 27.2. The van der Waals surface area contributed by atoms with Crippen molar-refractivity contribution >= 4 is 84.8 Å². The van der Waals surface area contributed by atoms with E-state index in [2.05, 4.69) is 158 Å². The molecule has 6 aromatic carbocycles. The lowest BCUT2D eigenvalue weighted by Crippen LogP contribution is -2.15. The Labute approximate surface area is 271 Å². The van der Waals surface area contributed by atoms with E-state index in [-0.39, 0.29) is 26.1 Å². The molecule has 10 rings (SSSR count). The predicted molar refractivity (Wildman–Crippen MR) is 202 cm³/mol. The Morgan fingerprint density at radius 3 is 1.82 bits per heavy atom.